The minimum absolute atomic E-state index is 0.126. The van der Waals surface area contributed by atoms with Crippen molar-refractivity contribution in [1.29, 1.82) is 0 Å². The maximum absolute atomic E-state index is 12.0. The number of rotatable bonds is 6. The number of hydrogen-bond donors (Lipinski definition) is 1. The minimum Gasteiger partial charge on any atom is -0.468 e. The number of hydrogen-bond acceptors (Lipinski definition) is 4. The highest BCUT2D eigenvalue weighted by atomic mass is 16.5. The summed E-state index contributed by atoms with van der Waals surface area (Å²) < 4.78 is 4.99. The van der Waals surface area contributed by atoms with Gasteiger partial charge in [0.25, 0.3) is 0 Å². The Morgan fingerprint density at radius 1 is 1.42 bits per heavy atom. The molecule has 1 heterocycles. The molecular weight excluding hydrogens is 240 g/mol. The maximum atomic E-state index is 12.0. The summed E-state index contributed by atoms with van der Waals surface area (Å²) in [7, 11) is 1.48. The summed E-state index contributed by atoms with van der Waals surface area (Å²) in [5.41, 5.74) is -0.526. The molecule has 2 fully saturated rings. The largest absolute Gasteiger partial charge is 0.468 e. The summed E-state index contributed by atoms with van der Waals surface area (Å²) in [6, 6.07) is 1.15. The van der Waals surface area contributed by atoms with Crippen LogP contribution in [-0.2, 0) is 9.53 Å². The van der Waals surface area contributed by atoms with Gasteiger partial charge >= 0.3 is 5.97 Å². The Balaban J connectivity index is 1.90. The molecular formula is C15H28N2O2. The number of nitrogens with one attached hydrogen (secondary N) is 1. The van der Waals surface area contributed by atoms with Crippen LogP contribution >= 0.6 is 0 Å². The molecule has 2 rings (SSSR count). The van der Waals surface area contributed by atoms with Crippen LogP contribution in [0.25, 0.3) is 0 Å². The van der Waals surface area contributed by atoms with Crippen molar-refractivity contribution in [2.45, 2.75) is 64.1 Å². The molecule has 1 saturated carbocycles. The third-order valence-electron chi connectivity index (χ3n) is 4.55. The van der Waals surface area contributed by atoms with E-state index in [1.54, 1.807) is 0 Å². The van der Waals surface area contributed by atoms with E-state index < -0.39 is 5.54 Å². The van der Waals surface area contributed by atoms with Crippen LogP contribution in [0.15, 0.2) is 0 Å². The van der Waals surface area contributed by atoms with Crippen molar-refractivity contribution in [2.24, 2.45) is 5.92 Å². The van der Waals surface area contributed by atoms with Crippen molar-refractivity contribution in [1.82, 2.24) is 10.2 Å². The van der Waals surface area contributed by atoms with Crippen LogP contribution in [0.3, 0.4) is 0 Å². The van der Waals surface area contributed by atoms with Crippen LogP contribution in [0.1, 0.15) is 46.5 Å². The van der Waals surface area contributed by atoms with E-state index in [4.69, 9.17) is 4.74 Å². The lowest BCUT2D eigenvalue weighted by Crippen LogP contribution is -2.53. The van der Waals surface area contributed by atoms with Gasteiger partial charge in [0.15, 0.2) is 0 Å². The molecule has 3 atom stereocenters. The van der Waals surface area contributed by atoms with Gasteiger partial charge < -0.3 is 9.64 Å². The van der Waals surface area contributed by atoms with Crippen molar-refractivity contribution in [3.05, 3.63) is 0 Å². The molecule has 1 aliphatic heterocycles. The Bertz CT molecular complexity index is 330. The SMILES string of the molecule is COC(=O)C(C)(CCN1CC(C)CC1C)NC1CC1. The van der Waals surface area contributed by atoms with Crippen molar-refractivity contribution in [2.75, 3.05) is 20.2 Å². The predicted octanol–water partition coefficient (Wildman–Crippen LogP) is 1.79. The zero-order valence-electron chi connectivity index (χ0n) is 12.7. The van der Waals surface area contributed by atoms with Crippen molar-refractivity contribution in [3.8, 4) is 0 Å². The first kappa shape index (κ1) is 14.8. The summed E-state index contributed by atoms with van der Waals surface area (Å²) in [6.07, 6.45) is 4.46. The van der Waals surface area contributed by atoms with E-state index in [0.717, 1.165) is 25.4 Å². The minimum atomic E-state index is -0.526. The van der Waals surface area contributed by atoms with Crippen LogP contribution in [0, 0.1) is 5.92 Å². The van der Waals surface area contributed by atoms with E-state index in [1.807, 2.05) is 6.92 Å². The maximum Gasteiger partial charge on any atom is 0.325 e. The van der Waals surface area contributed by atoms with Gasteiger partial charge in [-0.2, -0.15) is 0 Å². The lowest BCUT2D eigenvalue weighted by molar-refractivity contribution is -0.148. The molecule has 4 nitrogen and oxygen atoms in total. The van der Waals surface area contributed by atoms with Gasteiger partial charge in [-0.15, -0.1) is 0 Å². The second-order valence-corrected chi connectivity index (χ2v) is 6.68. The number of carbonyl (C=O) groups is 1. The first-order valence-corrected chi connectivity index (χ1v) is 7.55. The van der Waals surface area contributed by atoms with E-state index in [-0.39, 0.29) is 5.97 Å². The molecule has 0 bridgehead atoms. The second-order valence-electron chi connectivity index (χ2n) is 6.68. The van der Waals surface area contributed by atoms with Gasteiger partial charge in [-0.25, -0.2) is 0 Å². The van der Waals surface area contributed by atoms with Crippen molar-refractivity contribution < 1.29 is 9.53 Å². The molecule has 1 aliphatic carbocycles. The van der Waals surface area contributed by atoms with E-state index in [2.05, 4.69) is 24.1 Å². The van der Waals surface area contributed by atoms with E-state index in [0.29, 0.717) is 12.1 Å². The number of likely N-dealkylation sites (tertiary alicyclic amines) is 1. The normalized spacial score (nSPS) is 31.2. The molecule has 2 aliphatic rings. The molecule has 4 heteroatoms. The third-order valence-corrected chi connectivity index (χ3v) is 4.55. The summed E-state index contributed by atoms with van der Waals surface area (Å²) >= 11 is 0. The van der Waals surface area contributed by atoms with Crippen molar-refractivity contribution in [3.63, 3.8) is 0 Å². The Morgan fingerprint density at radius 3 is 2.58 bits per heavy atom. The summed E-state index contributed by atoms with van der Waals surface area (Å²) in [4.78, 5) is 14.5. The average molecular weight is 268 g/mol. The summed E-state index contributed by atoms with van der Waals surface area (Å²) in [5.74, 6) is 0.648. The number of methoxy groups -OCH3 is 1. The fourth-order valence-corrected chi connectivity index (χ4v) is 3.20. The molecule has 1 saturated heterocycles. The lowest BCUT2D eigenvalue weighted by Gasteiger charge is -2.31. The smallest absolute Gasteiger partial charge is 0.325 e. The van der Waals surface area contributed by atoms with Gasteiger partial charge in [0, 0.05) is 25.2 Å². The van der Waals surface area contributed by atoms with Crippen LogP contribution < -0.4 is 5.32 Å². The average Bonchev–Trinajstić information content (AvgIpc) is 3.10. The third kappa shape index (κ3) is 3.69. The monoisotopic (exact) mass is 268 g/mol. The Hall–Kier alpha value is -0.610. The summed E-state index contributed by atoms with van der Waals surface area (Å²) in [6.45, 7) is 8.70. The molecule has 0 radical (unpaired) electrons. The van der Waals surface area contributed by atoms with Crippen LogP contribution in [0.5, 0.6) is 0 Å². The highest BCUT2D eigenvalue weighted by molar-refractivity contribution is 5.80. The predicted molar refractivity (Wildman–Crippen MR) is 76.0 cm³/mol. The van der Waals surface area contributed by atoms with Gasteiger partial charge in [-0.1, -0.05) is 6.92 Å². The molecule has 0 aromatic heterocycles. The highest BCUT2D eigenvalue weighted by Crippen LogP contribution is 2.27. The van der Waals surface area contributed by atoms with Crippen LogP contribution in [-0.4, -0.2) is 48.7 Å². The fourth-order valence-electron chi connectivity index (χ4n) is 3.20. The standard InChI is InChI=1S/C15H28N2O2/c1-11-9-12(2)17(10-11)8-7-15(3,14(18)19-4)16-13-5-6-13/h11-13,16H,5-10H2,1-4H3. The van der Waals surface area contributed by atoms with E-state index in [9.17, 15) is 4.79 Å². The molecule has 0 aromatic rings. The van der Waals surface area contributed by atoms with Gasteiger partial charge in [-0.05, 0) is 45.4 Å². The Labute approximate surface area is 116 Å². The molecule has 1 N–H and O–H groups in total. The van der Waals surface area contributed by atoms with Crippen molar-refractivity contribution >= 4 is 5.97 Å². The number of carbonyl (C=O) groups excluding carboxylic acids is 1. The molecule has 3 unspecified atom stereocenters. The Kier molecular flexibility index (Phi) is 4.51. The van der Waals surface area contributed by atoms with E-state index in [1.165, 1.54) is 26.4 Å². The molecule has 110 valence electrons. The van der Waals surface area contributed by atoms with Gasteiger partial charge in [-0.3, -0.25) is 10.1 Å². The molecule has 0 spiro atoms. The number of ether oxygens (including phenoxy) is 1. The Morgan fingerprint density at radius 2 is 2.11 bits per heavy atom. The first-order chi connectivity index (χ1) is 8.94. The molecule has 0 aromatic carbocycles. The summed E-state index contributed by atoms with van der Waals surface area (Å²) in [5, 5.41) is 3.47. The lowest BCUT2D eigenvalue weighted by atomic mass is 9.97. The number of esters is 1. The van der Waals surface area contributed by atoms with Gasteiger partial charge in [0.1, 0.15) is 5.54 Å². The van der Waals surface area contributed by atoms with Crippen LogP contribution in [0.4, 0.5) is 0 Å². The van der Waals surface area contributed by atoms with Gasteiger partial charge in [0.05, 0.1) is 7.11 Å². The number of nitrogens with zero attached hydrogens (tertiary/aromatic N) is 1. The second kappa shape index (κ2) is 5.80. The topological polar surface area (TPSA) is 41.6 Å². The van der Waals surface area contributed by atoms with E-state index >= 15 is 0 Å². The van der Waals surface area contributed by atoms with Crippen LogP contribution in [0.2, 0.25) is 0 Å². The quantitative estimate of drug-likeness (QED) is 0.746. The molecule has 0 amide bonds. The molecule has 19 heavy (non-hydrogen) atoms. The zero-order valence-corrected chi connectivity index (χ0v) is 12.7. The fraction of sp³-hybridized carbons (Fsp3) is 0.933. The zero-order chi connectivity index (χ0) is 14.0. The first-order valence-electron chi connectivity index (χ1n) is 7.55. The van der Waals surface area contributed by atoms with Gasteiger partial charge in [0.2, 0.25) is 0 Å². The highest BCUT2D eigenvalue weighted by Gasteiger charge is 2.40.